The third kappa shape index (κ3) is 3.68. The molecule has 2 aromatic rings. The van der Waals surface area contributed by atoms with Crippen LogP contribution in [0.1, 0.15) is 30.4 Å². The molecule has 1 fully saturated rings. The Labute approximate surface area is 162 Å². The maximum Gasteiger partial charge on any atom is 0.326 e. The van der Waals surface area contributed by atoms with Crippen molar-refractivity contribution < 1.29 is 9.00 Å². The van der Waals surface area contributed by atoms with Gasteiger partial charge in [-0.25, -0.2) is 13.3 Å². The smallest absolute Gasteiger partial charge is 0.307 e. The summed E-state index contributed by atoms with van der Waals surface area (Å²) in [5.74, 6) is 0. The normalized spacial score (nSPS) is 18.7. The number of amides is 2. The summed E-state index contributed by atoms with van der Waals surface area (Å²) in [6.07, 6.45) is 3.44. The molecular formula is C21H23N3O2S. The van der Waals surface area contributed by atoms with E-state index < -0.39 is 11.0 Å². The molecule has 2 heterocycles. The molecule has 5 nitrogen and oxygen atoms in total. The Morgan fingerprint density at radius 2 is 1.70 bits per heavy atom. The number of carbonyl (C=O) groups excluding carboxylic acids is 1. The molecule has 0 aromatic heterocycles. The second-order valence-electron chi connectivity index (χ2n) is 6.89. The van der Waals surface area contributed by atoms with Crippen molar-refractivity contribution in [1.82, 2.24) is 9.21 Å². The fourth-order valence-corrected chi connectivity index (χ4v) is 4.79. The predicted molar refractivity (Wildman–Crippen MR) is 108 cm³/mol. The number of rotatable bonds is 4. The van der Waals surface area contributed by atoms with Crippen LogP contribution in [0.15, 0.2) is 60.0 Å². The summed E-state index contributed by atoms with van der Waals surface area (Å²) in [7, 11) is -1.11. The van der Waals surface area contributed by atoms with Crippen LogP contribution >= 0.6 is 0 Å². The van der Waals surface area contributed by atoms with E-state index in [4.69, 9.17) is 0 Å². The molecule has 1 saturated heterocycles. The summed E-state index contributed by atoms with van der Waals surface area (Å²) in [5, 5.41) is 2.90. The quantitative estimate of drug-likeness (QED) is 0.862. The summed E-state index contributed by atoms with van der Waals surface area (Å²) < 4.78 is 14.7. The van der Waals surface area contributed by atoms with Crippen LogP contribution in [-0.4, -0.2) is 32.5 Å². The second-order valence-corrected chi connectivity index (χ2v) is 8.38. The fourth-order valence-electron chi connectivity index (χ4n) is 3.54. The van der Waals surface area contributed by atoms with Gasteiger partial charge in [-0.3, -0.25) is 4.90 Å². The number of fused-ring (bicyclic) bond motifs is 1. The fraction of sp³-hybridized carbons (Fsp3) is 0.286. The molecular weight excluding hydrogens is 358 g/mol. The first kappa shape index (κ1) is 17.9. The zero-order valence-electron chi connectivity index (χ0n) is 15.2. The van der Waals surface area contributed by atoms with Crippen LogP contribution in [0, 0.1) is 0 Å². The van der Waals surface area contributed by atoms with Crippen LogP contribution in [0.5, 0.6) is 0 Å². The van der Waals surface area contributed by atoms with Gasteiger partial charge in [0, 0.05) is 24.4 Å². The van der Waals surface area contributed by atoms with Gasteiger partial charge in [-0.2, -0.15) is 0 Å². The first-order valence-electron chi connectivity index (χ1n) is 9.26. The summed E-state index contributed by atoms with van der Waals surface area (Å²) in [5.41, 5.74) is 3.39. The molecule has 1 N–H and O–H groups in total. The number of nitrogens with zero attached hydrogens (tertiary/aromatic N) is 2. The lowest BCUT2D eigenvalue weighted by Crippen LogP contribution is -2.36. The Morgan fingerprint density at radius 1 is 1.00 bits per heavy atom. The van der Waals surface area contributed by atoms with Gasteiger partial charge in [0.1, 0.15) is 11.0 Å². The number of benzene rings is 2. The van der Waals surface area contributed by atoms with Crippen molar-refractivity contribution in [2.24, 2.45) is 0 Å². The molecule has 2 aliphatic heterocycles. The lowest BCUT2D eigenvalue weighted by molar-refractivity contribution is 0.229. The molecule has 1 atom stereocenters. The molecule has 0 spiro atoms. The summed E-state index contributed by atoms with van der Waals surface area (Å²) >= 11 is 0. The van der Waals surface area contributed by atoms with E-state index in [0.717, 1.165) is 47.6 Å². The first-order valence-corrected chi connectivity index (χ1v) is 10.4. The van der Waals surface area contributed by atoms with Gasteiger partial charge in [-0.1, -0.05) is 43.3 Å². The van der Waals surface area contributed by atoms with Crippen LogP contribution < -0.4 is 5.32 Å². The van der Waals surface area contributed by atoms with E-state index >= 15 is 0 Å². The standard InChI is InChI=1S/C21H23N3O2S/c1-16-19-7-3-4-8-20(19)22-21(25)24(16)15-17-9-11-18(12-10-17)27(26)23-13-5-2-6-14-23/h3-4,7-12H,1-2,5-6,13-15H2,(H,22,25). The average Bonchev–Trinajstić information content (AvgIpc) is 2.72. The Bertz CT molecular complexity index is 889. The predicted octanol–water partition coefficient (Wildman–Crippen LogP) is 4.21. The third-order valence-corrected chi connectivity index (χ3v) is 6.58. The van der Waals surface area contributed by atoms with Crippen LogP contribution in [0.3, 0.4) is 0 Å². The second kappa shape index (κ2) is 7.66. The Morgan fingerprint density at radius 3 is 2.44 bits per heavy atom. The van der Waals surface area contributed by atoms with E-state index in [2.05, 4.69) is 11.9 Å². The maximum absolute atomic E-state index is 12.7. The van der Waals surface area contributed by atoms with Gasteiger partial charge in [0.15, 0.2) is 0 Å². The molecule has 2 aromatic carbocycles. The molecule has 0 aliphatic carbocycles. The van der Waals surface area contributed by atoms with Crippen LogP contribution in [-0.2, 0) is 17.5 Å². The van der Waals surface area contributed by atoms with Crippen LogP contribution in [0.25, 0.3) is 5.70 Å². The number of urea groups is 1. The highest BCUT2D eigenvalue weighted by molar-refractivity contribution is 7.82. The molecule has 1 unspecified atom stereocenters. The van der Waals surface area contributed by atoms with Gasteiger partial charge in [-0.15, -0.1) is 0 Å². The topological polar surface area (TPSA) is 52.7 Å². The van der Waals surface area contributed by atoms with Crippen LogP contribution in [0.4, 0.5) is 10.5 Å². The summed E-state index contributed by atoms with van der Waals surface area (Å²) in [6.45, 7) is 6.31. The highest BCUT2D eigenvalue weighted by Crippen LogP contribution is 2.31. The molecule has 2 amide bonds. The molecule has 27 heavy (non-hydrogen) atoms. The zero-order chi connectivity index (χ0) is 18.8. The highest BCUT2D eigenvalue weighted by atomic mass is 32.2. The van der Waals surface area contributed by atoms with Crippen molar-refractivity contribution in [3.05, 3.63) is 66.2 Å². The summed E-state index contributed by atoms with van der Waals surface area (Å²) in [4.78, 5) is 14.9. The van der Waals surface area contributed by atoms with E-state index in [0.29, 0.717) is 12.2 Å². The monoisotopic (exact) mass is 381 g/mol. The molecule has 4 rings (SSSR count). The largest absolute Gasteiger partial charge is 0.326 e. The van der Waals surface area contributed by atoms with E-state index in [1.54, 1.807) is 4.90 Å². The lowest BCUT2D eigenvalue weighted by Gasteiger charge is -2.31. The number of carbonyl (C=O) groups is 1. The minimum Gasteiger partial charge on any atom is -0.307 e. The van der Waals surface area contributed by atoms with E-state index in [1.165, 1.54) is 6.42 Å². The summed E-state index contributed by atoms with van der Waals surface area (Å²) in [6, 6.07) is 15.2. The van der Waals surface area contributed by atoms with E-state index in [1.807, 2.05) is 52.8 Å². The SMILES string of the molecule is C=C1c2ccccc2NC(=O)N1Cc1ccc(S(=O)N2CCCCC2)cc1. The number of hydrogen-bond acceptors (Lipinski definition) is 2. The van der Waals surface area contributed by atoms with Crippen molar-refractivity contribution in [1.29, 1.82) is 0 Å². The molecule has 6 heteroatoms. The number of hydrogen-bond donors (Lipinski definition) is 1. The molecule has 140 valence electrons. The van der Waals surface area contributed by atoms with Crippen molar-refractivity contribution in [2.45, 2.75) is 30.7 Å². The van der Waals surface area contributed by atoms with E-state index in [9.17, 15) is 9.00 Å². The highest BCUT2D eigenvalue weighted by Gasteiger charge is 2.26. The Kier molecular flexibility index (Phi) is 5.09. The molecule has 0 radical (unpaired) electrons. The molecule has 2 aliphatic rings. The number of para-hydroxylation sites is 1. The number of piperidine rings is 1. The van der Waals surface area contributed by atoms with Gasteiger partial charge in [0.05, 0.1) is 17.1 Å². The maximum atomic E-state index is 12.7. The lowest BCUT2D eigenvalue weighted by atomic mass is 10.1. The van der Waals surface area contributed by atoms with Crippen molar-refractivity contribution in [3.63, 3.8) is 0 Å². The first-order chi connectivity index (χ1) is 13.1. The number of nitrogens with one attached hydrogen (secondary N) is 1. The van der Waals surface area contributed by atoms with E-state index in [-0.39, 0.29) is 6.03 Å². The zero-order valence-corrected chi connectivity index (χ0v) is 16.0. The average molecular weight is 382 g/mol. The van der Waals surface area contributed by atoms with Crippen molar-refractivity contribution in [2.75, 3.05) is 18.4 Å². The molecule has 0 saturated carbocycles. The molecule has 0 bridgehead atoms. The van der Waals surface area contributed by atoms with Crippen molar-refractivity contribution >= 4 is 28.4 Å². The van der Waals surface area contributed by atoms with Crippen molar-refractivity contribution in [3.8, 4) is 0 Å². The van der Waals surface area contributed by atoms with Gasteiger partial charge >= 0.3 is 6.03 Å². The Hall–Kier alpha value is -2.44. The third-order valence-electron chi connectivity index (χ3n) is 5.07. The van der Waals surface area contributed by atoms with Gasteiger partial charge in [0.25, 0.3) is 0 Å². The Balaban J connectivity index is 1.48. The minimum atomic E-state index is -1.11. The number of anilines is 1. The van der Waals surface area contributed by atoms with Gasteiger partial charge in [0.2, 0.25) is 0 Å². The van der Waals surface area contributed by atoms with Gasteiger partial charge in [-0.05, 0) is 36.6 Å². The van der Waals surface area contributed by atoms with Gasteiger partial charge < -0.3 is 5.32 Å². The minimum absolute atomic E-state index is 0.181. The van der Waals surface area contributed by atoms with Crippen LogP contribution in [0.2, 0.25) is 0 Å².